The maximum atomic E-state index is 12.0. The molecule has 0 bridgehead atoms. The van der Waals surface area contributed by atoms with Crippen LogP contribution >= 0.6 is 0 Å². The number of carbonyl (C=O) groups is 1. The highest BCUT2D eigenvalue weighted by molar-refractivity contribution is 5.96. The Hall–Kier alpha value is -3.38. The lowest BCUT2D eigenvalue weighted by Crippen LogP contribution is -2.11. The van der Waals surface area contributed by atoms with Gasteiger partial charge in [0, 0.05) is 10.6 Å². The summed E-state index contributed by atoms with van der Waals surface area (Å²) in [7, 11) is 0. The van der Waals surface area contributed by atoms with E-state index in [0.717, 1.165) is 0 Å². The van der Waals surface area contributed by atoms with Gasteiger partial charge in [0.25, 0.3) is 0 Å². The number of esters is 1. The van der Waals surface area contributed by atoms with Gasteiger partial charge in [-0.1, -0.05) is 5.11 Å². The molecule has 0 aliphatic rings. The summed E-state index contributed by atoms with van der Waals surface area (Å²) in [5, 5.41) is 3.41. The van der Waals surface area contributed by atoms with Crippen molar-refractivity contribution in [2.45, 2.75) is 0 Å². The van der Waals surface area contributed by atoms with Crippen LogP contribution in [0.3, 0.4) is 0 Å². The van der Waals surface area contributed by atoms with Gasteiger partial charge in [-0.05, 0) is 41.9 Å². The van der Waals surface area contributed by atoms with Crippen molar-refractivity contribution in [3.05, 3.63) is 52.4 Å². The third kappa shape index (κ3) is 3.14. The first-order chi connectivity index (χ1) is 10.0. The first-order valence-electron chi connectivity index (χ1n) is 5.83. The molecule has 0 aliphatic carbocycles. The molecule has 0 unspecified atom stereocenters. The van der Waals surface area contributed by atoms with Gasteiger partial charge in [0.2, 0.25) is 0 Å². The van der Waals surface area contributed by atoms with Crippen LogP contribution in [-0.4, -0.2) is 5.97 Å². The fourth-order valence-electron chi connectivity index (χ4n) is 1.62. The Bertz CT molecular complexity index is 712. The second-order valence-electron chi connectivity index (χ2n) is 4.14. The average Bonchev–Trinajstić information content (AvgIpc) is 2.46. The van der Waals surface area contributed by atoms with Crippen molar-refractivity contribution >= 4 is 28.7 Å². The van der Waals surface area contributed by atoms with E-state index >= 15 is 0 Å². The number of hydrogen-bond acceptors (Lipinski definition) is 6. The van der Waals surface area contributed by atoms with E-state index in [2.05, 4.69) is 10.0 Å². The van der Waals surface area contributed by atoms with Crippen molar-refractivity contribution in [3.63, 3.8) is 0 Å². The van der Waals surface area contributed by atoms with E-state index in [1.54, 1.807) is 0 Å². The predicted molar refractivity (Wildman–Crippen MR) is 79.9 cm³/mol. The monoisotopic (exact) mass is 284 g/mol. The number of benzene rings is 2. The van der Waals surface area contributed by atoms with Crippen molar-refractivity contribution in [2.75, 3.05) is 17.2 Å². The minimum Gasteiger partial charge on any atom is -0.423 e. The van der Waals surface area contributed by atoms with Crippen LogP contribution < -0.4 is 21.9 Å². The van der Waals surface area contributed by atoms with Crippen molar-refractivity contribution in [3.8, 4) is 5.75 Å². The molecule has 2 rings (SSSR count). The van der Waals surface area contributed by atoms with Gasteiger partial charge in [0.05, 0.1) is 22.6 Å². The Morgan fingerprint density at radius 1 is 1.10 bits per heavy atom. The van der Waals surface area contributed by atoms with Crippen LogP contribution in [0.4, 0.5) is 22.7 Å². The highest BCUT2D eigenvalue weighted by Gasteiger charge is 2.12. The SMILES string of the molecule is [N-]=[N+]=Nc1ccc(OC(=O)c2cc(N)c(N)c(N)c2)cc1. The van der Waals surface area contributed by atoms with Gasteiger partial charge < -0.3 is 21.9 Å². The summed E-state index contributed by atoms with van der Waals surface area (Å²) < 4.78 is 5.16. The van der Waals surface area contributed by atoms with E-state index in [0.29, 0.717) is 11.4 Å². The van der Waals surface area contributed by atoms with Gasteiger partial charge in [0.15, 0.2) is 0 Å². The second-order valence-corrected chi connectivity index (χ2v) is 4.14. The number of ether oxygens (including phenoxy) is 1. The molecule has 0 atom stereocenters. The van der Waals surface area contributed by atoms with Gasteiger partial charge in [0.1, 0.15) is 5.75 Å². The standard InChI is InChI=1S/C13H12N6O2/c14-10-5-7(6-11(15)12(10)16)13(20)21-9-3-1-8(2-4-9)18-19-17/h1-6H,14-16H2. The van der Waals surface area contributed by atoms with Gasteiger partial charge in [-0.15, -0.1) is 0 Å². The molecule has 0 radical (unpaired) electrons. The highest BCUT2D eigenvalue weighted by atomic mass is 16.5. The number of carbonyl (C=O) groups excluding carboxylic acids is 1. The van der Waals surface area contributed by atoms with E-state index in [-0.39, 0.29) is 22.6 Å². The molecule has 0 aliphatic heterocycles. The summed E-state index contributed by atoms with van der Waals surface area (Å²) in [5.41, 5.74) is 26.4. The second kappa shape index (κ2) is 5.72. The minimum absolute atomic E-state index is 0.193. The predicted octanol–water partition coefficient (Wildman–Crippen LogP) is 2.59. The van der Waals surface area contributed by atoms with Crippen LogP contribution in [0.1, 0.15) is 10.4 Å². The molecule has 0 saturated carbocycles. The van der Waals surface area contributed by atoms with Gasteiger partial charge in [-0.2, -0.15) is 0 Å². The molecule has 0 aromatic heterocycles. The molecular weight excluding hydrogens is 272 g/mol. The molecule has 6 N–H and O–H groups in total. The molecule has 0 spiro atoms. The summed E-state index contributed by atoms with van der Waals surface area (Å²) in [4.78, 5) is 14.6. The first-order valence-corrected chi connectivity index (χ1v) is 5.83. The number of rotatable bonds is 3. The zero-order valence-corrected chi connectivity index (χ0v) is 10.9. The Balaban J connectivity index is 2.19. The molecule has 2 aromatic carbocycles. The quantitative estimate of drug-likeness (QED) is 0.197. The van der Waals surface area contributed by atoms with Crippen LogP contribution in [-0.2, 0) is 0 Å². The van der Waals surface area contributed by atoms with Crippen LogP contribution in [0.15, 0.2) is 41.5 Å². The Kier molecular flexibility index (Phi) is 3.83. The topological polar surface area (TPSA) is 153 Å². The van der Waals surface area contributed by atoms with Crippen LogP contribution in [0.2, 0.25) is 0 Å². The van der Waals surface area contributed by atoms with E-state index in [4.69, 9.17) is 27.5 Å². The number of anilines is 3. The molecule has 106 valence electrons. The van der Waals surface area contributed by atoms with Crippen molar-refractivity contribution < 1.29 is 9.53 Å². The van der Waals surface area contributed by atoms with Gasteiger partial charge in [-0.25, -0.2) is 4.79 Å². The number of nitrogens with two attached hydrogens (primary N) is 3. The maximum absolute atomic E-state index is 12.0. The largest absolute Gasteiger partial charge is 0.423 e. The summed E-state index contributed by atoms with van der Waals surface area (Å²) in [6, 6.07) is 8.84. The third-order valence-corrected chi connectivity index (χ3v) is 2.69. The Morgan fingerprint density at radius 3 is 2.19 bits per heavy atom. The Labute approximate surface area is 119 Å². The fraction of sp³-hybridized carbons (Fsp3) is 0. The van der Waals surface area contributed by atoms with Gasteiger partial charge >= 0.3 is 5.97 Å². The zero-order chi connectivity index (χ0) is 15.4. The third-order valence-electron chi connectivity index (χ3n) is 2.69. The van der Waals surface area contributed by atoms with E-state index in [1.807, 2.05) is 0 Å². The molecule has 21 heavy (non-hydrogen) atoms. The fourth-order valence-corrected chi connectivity index (χ4v) is 1.62. The summed E-state index contributed by atoms with van der Waals surface area (Å²) in [5.74, 6) is -0.323. The number of hydrogen-bond donors (Lipinski definition) is 3. The normalized spacial score (nSPS) is 9.71. The molecule has 0 amide bonds. The molecule has 8 heteroatoms. The summed E-state index contributed by atoms with van der Waals surface area (Å²) >= 11 is 0. The molecule has 0 saturated heterocycles. The highest BCUT2D eigenvalue weighted by Crippen LogP contribution is 2.25. The van der Waals surface area contributed by atoms with Crippen LogP contribution in [0.5, 0.6) is 5.75 Å². The van der Waals surface area contributed by atoms with Gasteiger partial charge in [-0.3, -0.25) is 0 Å². The number of nitrogen functional groups attached to an aromatic ring is 3. The summed E-state index contributed by atoms with van der Waals surface area (Å²) in [6.45, 7) is 0. The smallest absolute Gasteiger partial charge is 0.343 e. The summed E-state index contributed by atoms with van der Waals surface area (Å²) in [6.07, 6.45) is 0. The lowest BCUT2D eigenvalue weighted by molar-refractivity contribution is 0.0735. The molecule has 0 fully saturated rings. The van der Waals surface area contributed by atoms with Crippen LogP contribution in [0, 0.1) is 0 Å². The van der Waals surface area contributed by atoms with Crippen molar-refractivity contribution in [1.29, 1.82) is 0 Å². The molecule has 2 aromatic rings. The lowest BCUT2D eigenvalue weighted by Gasteiger charge is -2.08. The average molecular weight is 284 g/mol. The number of azide groups is 1. The Morgan fingerprint density at radius 2 is 1.67 bits per heavy atom. The number of nitrogens with zero attached hydrogens (tertiary/aromatic N) is 3. The van der Waals surface area contributed by atoms with Crippen LogP contribution in [0.25, 0.3) is 10.4 Å². The first kappa shape index (κ1) is 14.0. The zero-order valence-electron chi connectivity index (χ0n) is 10.9. The molecule has 8 nitrogen and oxygen atoms in total. The maximum Gasteiger partial charge on any atom is 0.343 e. The van der Waals surface area contributed by atoms with E-state index < -0.39 is 5.97 Å². The molecule has 0 heterocycles. The van der Waals surface area contributed by atoms with E-state index in [1.165, 1.54) is 36.4 Å². The molecular formula is C13H12N6O2. The van der Waals surface area contributed by atoms with Crippen molar-refractivity contribution in [1.82, 2.24) is 0 Å². The van der Waals surface area contributed by atoms with Crippen molar-refractivity contribution in [2.24, 2.45) is 5.11 Å². The van der Waals surface area contributed by atoms with E-state index in [9.17, 15) is 4.79 Å². The minimum atomic E-state index is -0.620. The lowest BCUT2D eigenvalue weighted by atomic mass is 10.1.